The fourth-order valence-corrected chi connectivity index (χ4v) is 2.68. The summed E-state index contributed by atoms with van der Waals surface area (Å²) >= 11 is 1.57. The fraction of sp³-hybridized carbons (Fsp3) is 0. The number of aromatic nitrogens is 1. The molecule has 0 atom stereocenters. The number of rotatable bonds is 2. The molecule has 0 saturated heterocycles. The van der Waals surface area contributed by atoms with Gasteiger partial charge in [0, 0.05) is 16.5 Å². The molecule has 0 unspecified atom stereocenters. The molecule has 0 amide bonds. The third-order valence-electron chi connectivity index (χ3n) is 2.89. The summed E-state index contributed by atoms with van der Waals surface area (Å²) in [4.78, 5) is 5.32. The van der Waals surface area contributed by atoms with Crippen molar-refractivity contribution in [1.82, 2.24) is 4.98 Å². The highest BCUT2D eigenvalue weighted by Gasteiger charge is 2.04. The summed E-state index contributed by atoms with van der Waals surface area (Å²) in [5.74, 6) is 0. The second-order valence-electron chi connectivity index (χ2n) is 4.06. The molecule has 0 fully saturated rings. The van der Waals surface area contributed by atoms with Crippen molar-refractivity contribution >= 4 is 33.9 Å². The third-order valence-corrected chi connectivity index (χ3v) is 3.79. The molecule has 3 heteroatoms. The number of thiophene rings is 1. The van der Waals surface area contributed by atoms with Crippen LogP contribution >= 0.6 is 11.3 Å². The minimum atomic E-state index is 0.686. The van der Waals surface area contributed by atoms with Gasteiger partial charge >= 0.3 is 0 Å². The number of allylic oxidation sites excluding steroid dienone is 1. The zero-order valence-corrected chi connectivity index (χ0v) is 10.9. The molecule has 0 aliphatic carbocycles. The number of hydrogen-bond acceptors (Lipinski definition) is 3. The van der Waals surface area contributed by atoms with Crippen LogP contribution in [0.25, 0.3) is 22.6 Å². The third kappa shape index (κ3) is 2.26. The van der Waals surface area contributed by atoms with Crippen molar-refractivity contribution < 1.29 is 0 Å². The minimum Gasteiger partial charge on any atom is -0.256 e. The van der Waals surface area contributed by atoms with Crippen molar-refractivity contribution in [3.05, 3.63) is 64.5 Å². The van der Waals surface area contributed by atoms with Crippen LogP contribution < -0.4 is 0 Å². The van der Waals surface area contributed by atoms with Crippen LogP contribution in [-0.4, -0.2) is 4.98 Å². The molecule has 0 saturated carbocycles. The van der Waals surface area contributed by atoms with Gasteiger partial charge in [-0.2, -0.15) is 5.26 Å². The quantitative estimate of drug-likeness (QED) is 0.643. The predicted molar refractivity (Wildman–Crippen MR) is 79.5 cm³/mol. The molecule has 3 rings (SSSR count). The lowest BCUT2D eigenvalue weighted by Crippen LogP contribution is -1.83. The first-order valence-electron chi connectivity index (χ1n) is 5.88. The van der Waals surface area contributed by atoms with Crippen molar-refractivity contribution in [2.75, 3.05) is 0 Å². The molecule has 0 aliphatic heterocycles. The highest BCUT2D eigenvalue weighted by atomic mass is 32.1. The molecular formula is C16H10N2S. The SMILES string of the molecule is N#C/C(=C/c1ccnc2ccccc12)c1cccs1. The zero-order valence-electron chi connectivity index (χ0n) is 10.1. The van der Waals surface area contributed by atoms with Gasteiger partial charge in [-0.05, 0) is 35.2 Å². The Bertz CT molecular complexity index is 775. The molecule has 0 radical (unpaired) electrons. The smallest absolute Gasteiger partial charge is 0.101 e. The zero-order chi connectivity index (χ0) is 13.1. The van der Waals surface area contributed by atoms with Crippen molar-refractivity contribution in [3.63, 3.8) is 0 Å². The van der Waals surface area contributed by atoms with Gasteiger partial charge in [0.15, 0.2) is 0 Å². The van der Waals surface area contributed by atoms with E-state index in [0.717, 1.165) is 21.3 Å². The van der Waals surface area contributed by atoms with E-state index in [4.69, 9.17) is 0 Å². The number of pyridine rings is 1. The lowest BCUT2D eigenvalue weighted by atomic mass is 10.1. The maximum absolute atomic E-state index is 9.30. The van der Waals surface area contributed by atoms with E-state index >= 15 is 0 Å². The first-order chi connectivity index (χ1) is 9.38. The Morgan fingerprint density at radius 2 is 2.05 bits per heavy atom. The second-order valence-corrected chi connectivity index (χ2v) is 5.01. The minimum absolute atomic E-state index is 0.686. The van der Waals surface area contributed by atoms with E-state index in [1.54, 1.807) is 17.5 Å². The molecule has 0 spiro atoms. The van der Waals surface area contributed by atoms with E-state index in [1.807, 2.05) is 53.9 Å². The monoisotopic (exact) mass is 262 g/mol. The van der Waals surface area contributed by atoms with Crippen LogP contribution in [0, 0.1) is 11.3 Å². The van der Waals surface area contributed by atoms with Gasteiger partial charge < -0.3 is 0 Å². The fourth-order valence-electron chi connectivity index (χ4n) is 1.99. The number of nitriles is 1. The van der Waals surface area contributed by atoms with E-state index in [0.29, 0.717) is 5.57 Å². The molecule has 2 aromatic heterocycles. The normalized spacial score (nSPS) is 11.4. The van der Waals surface area contributed by atoms with Crippen LogP contribution in [0.2, 0.25) is 0 Å². The summed E-state index contributed by atoms with van der Waals surface area (Å²) in [7, 11) is 0. The molecule has 3 aromatic rings. The summed E-state index contributed by atoms with van der Waals surface area (Å²) in [5.41, 5.74) is 2.65. The molecule has 1 aromatic carbocycles. The number of benzene rings is 1. The van der Waals surface area contributed by atoms with E-state index in [9.17, 15) is 5.26 Å². The molecule has 2 nitrogen and oxygen atoms in total. The summed E-state index contributed by atoms with van der Waals surface area (Å²) in [6.07, 6.45) is 3.70. The number of fused-ring (bicyclic) bond motifs is 1. The lowest BCUT2D eigenvalue weighted by Gasteiger charge is -2.02. The Hall–Kier alpha value is -2.44. The van der Waals surface area contributed by atoms with Crippen LogP contribution in [0.3, 0.4) is 0 Å². The lowest BCUT2D eigenvalue weighted by molar-refractivity contribution is 1.41. The Balaban J connectivity index is 2.18. The Morgan fingerprint density at radius 3 is 2.84 bits per heavy atom. The van der Waals surface area contributed by atoms with Gasteiger partial charge in [0.05, 0.1) is 11.1 Å². The van der Waals surface area contributed by atoms with Crippen LogP contribution in [0.5, 0.6) is 0 Å². The van der Waals surface area contributed by atoms with Crippen LogP contribution in [0.15, 0.2) is 54.0 Å². The Kier molecular flexibility index (Phi) is 3.09. The standard InChI is InChI=1S/C16H10N2S/c17-11-13(16-6-3-9-19-16)10-12-7-8-18-15-5-2-1-4-14(12)15/h1-10H/b13-10-. The predicted octanol–water partition coefficient (Wildman–Crippen LogP) is 4.36. The highest BCUT2D eigenvalue weighted by Crippen LogP contribution is 2.25. The van der Waals surface area contributed by atoms with Crippen molar-refractivity contribution in [1.29, 1.82) is 5.26 Å². The largest absolute Gasteiger partial charge is 0.256 e. The first kappa shape index (κ1) is 11.6. The van der Waals surface area contributed by atoms with Gasteiger partial charge in [-0.1, -0.05) is 24.3 Å². The van der Waals surface area contributed by atoms with Gasteiger partial charge in [0.1, 0.15) is 6.07 Å². The second kappa shape index (κ2) is 5.05. The van der Waals surface area contributed by atoms with Crippen LogP contribution in [0.1, 0.15) is 10.4 Å². The summed E-state index contributed by atoms with van der Waals surface area (Å²) in [6, 6.07) is 16.1. The van der Waals surface area contributed by atoms with Crippen LogP contribution in [-0.2, 0) is 0 Å². The molecule has 90 valence electrons. The molecule has 0 aliphatic rings. The van der Waals surface area contributed by atoms with Crippen molar-refractivity contribution in [2.24, 2.45) is 0 Å². The van der Waals surface area contributed by atoms with E-state index in [-0.39, 0.29) is 0 Å². The summed E-state index contributed by atoms with van der Waals surface area (Å²) in [6.45, 7) is 0. The van der Waals surface area contributed by atoms with E-state index in [2.05, 4.69) is 11.1 Å². The Labute approximate surface area is 115 Å². The topological polar surface area (TPSA) is 36.7 Å². The Morgan fingerprint density at radius 1 is 1.16 bits per heavy atom. The van der Waals surface area contributed by atoms with Crippen LogP contribution in [0.4, 0.5) is 0 Å². The number of para-hydroxylation sites is 1. The average molecular weight is 262 g/mol. The van der Waals surface area contributed by atoms with Gasteiger partial charge in [-0.15, -0.1) is 11.3 Å². The van der Waals surface area contributed by atoms with Crippen molar-refractivity contribution in [2.45, 2.75) is 0 Å². The molecule has 2 heterocycles. The van der Waals surface area contributed by atoms with E-state index < -0.39 is 0 Å². The van der Waals surface area contributed by atoms with E-state index in [1.165, 1.54) is 0 Å². The highest BCUT2D eigenvalue weighted by molar-refractivity contribution is 7.11. The maximum Gasteiger partial charge on any atom is 0.101 e. The maximum atomic E-state index is 9.30. The van der Waals surface area contributed by atoms with Gasteiger partial charge in [0.2, 0.25) is 0 Å². The average Bonchev–Trinajstić information content (AvgIpc) is 2.99. The van der Waals surface area contributed by atoms with Gasteiger partial charge in [-0.25, -0.2) is 0 Å². The van der Waals surface area contributed by atoms with Gasteiger partial charge in [-0.3, -0.25) is 4.98 Å². The number of nitrogens with zero attached hydrogens (tertiary/aromatic N) is 2. The molecule has 0 N–H and O–H groups in total. The number of hydrogen-bond donors (Lipinski definition) is 0. The molecular weight excluding hydrogens is 252 g/mol. The van der Waals surface area contributed by atoms with Gasteiger partial charge in [0.25, 0.3) is 0 Å². The first-order valence-corrected chi connectivity index (χ1v) is 6.76. The molecule has 0 bridgehead atoms. The molecule has 19 heavy (non-hydrogen) atoms. The summed E-state index contributed by atoms with van der Waals surface area (Å²) in [5, 5.41) is 12.3. The van der Waals surface area contributed by atoms with Crippen molar-refractivity contribution in [3.8, 4) is 6.07 Å². The summed E-state index contributed by atoms with van der Waals surface area (Å²) < 4.78 is 0.